The van der Waals surface area contributed by atoms with Crippen molar-refractivity contribution in [1.82, 2.24) is 23.5 Å². The van der Waals surface area contributed by atoms with E-state index in [1.165, 1.54) is 22.8 Å². The number of benzene rings is 1. The van der Waals surface area contributed by atoms with Crippen molar-refractivity contribution >= 4 is 21.1 Å². The molecule has 2 fully saturated rings. The van der Waals surface area contributed by atoms with Gasteiger partial charge >= 0.3 is 0 Å². The number of nitrogens with one attached hydrogen (secondary N) is 1. The first kappa shape index (κ1) is 23.9. The summed E-state index contributed by atoms with van der Waals surface area (Å²) in [6.45, 7) is 6.77. The lowest BCUT2D eigenvalue weighted by atomic mass is 10.2. The maximum atomic E-state index is 13.1. The minimum atomic E-state index is -3.54. The minimum Gasteiger partial charge on any atom is -0.493 e. The van der Waals surface area contributed by atoms with E-state index < -0.39 is 10.2 Å². The number of rotatable bonds is 6. The number of aromatic amines is 1. The zero-order valence-corrected chi connectivity index (χ0v) is 20.2. The molecular weight excluding hydrogens is 450 g/mol. The molecular formula is C21H31N5O6S. The fourth-order valence-corrected chi connectivity index (χ4v) is 6.15. The van der Waals surface area contributed by atoms with Gasteiger partial charge in [0.25, 0.3) is 15.8 Å². The van der Waals surface area contributed by atoms with E-state index in [2.05, 4.69) is 14.9 Å². The maximum Gasteiger partial charge on any atom is 0.282 e. The number of piperazine rings is 1. The van der Waals surface area contributed by atoms with Crippen molar-refractivity contribution in [1.29, 1.82) is 0 Å². The lowest BCUT2D eigenvalue weighted by Gasteiger charge is -2.40. The van der Waals surface area contributed by atoms with Crippen LogP contribution < -0.4 is 15.0 Å². The van der Waals surface area contributed by atoms with Crippen molar-refractivity contribution in [3.8, 4) is 11.5 Å². The van der Waals surface area contributed by atoms with Gasteiger partial charge in [-0.05, 0) is 19.9 Å². The highest BCUT2D eigenvalue weighted by atomic mass is 32.2. The fraction of sp³-hybridized carbons (Fsp3) is 0.619. The highest BCUT2D eigenvalue weighted by molar-refractivity contribution is 7.86. The molecule has 0 spiro atoms. The van der Waals surface area contributed by atoms with Gasteiger partial charge in [0.2, 0.25) is 0 Å². The van der Waals surface area contributed by atoms with Crippen LogP contribution in [0.15, 0.2) is 16.9 Å². The number of H-pyrrole nitrogens is 1. The molecule has 2 atom stereocenters. The molecule has 2 unspecified atom stereocenters. The Balaban J connectivity index is 1.44. The first-order chi connectivity index (χ1) is 15.7. The van der Waals surface area contributed by atoms with Crippen LogP contribution in [0.2, 0.25) is 0 Å². The molecule has 11 nitrogen and oxygen atoms in total. The number of hydrogen-bond donors (Lipinski definition) is 1. The van der Waals surface area contributed by atoms with E-state index in [1.807, 2.05) is 13.8 Å². The number of morpholine rings is 1. The number of nitrogens with zero attached hydrogens (tertiary/aromatic N) is 4. The van der Waals surface area contributed by atoms with Gasteiger partial charge in [0.05, 0.1) is 43.9 Å². The summed E-state index contributed by atoms with van der Waals surface area (Å²) in [6, 6.07) is 3.29. The third-order valence-corrected chi connectivity index (χ3v) is 7.97. The van der Waals surface area contributed by atoms with Crippen LogP contribution in [0.5, 0.6) is 11.5 Å². The van der Waals surface area contributed by atoms with Crippen LogP contribution in [-0.2, 0) is 21.5 Å². The largest absolute Gasteiger partial charge is 0.493 e. The van der Waals surface area contributed by atoms with Gasteiger partial charge in [-0.2, -0.15) is 17.0 Å². The third kappa shape index (κ3) is 4.99. The summed E-state index contributed by atoms with van der Waals surface area (Å²) in [5.41, 5.74) is 0.260. The van der Waals surface area contributed by atoms with Gasteiger partial charge in [-0.15, -0.1) is 0 Å². The smallest absolute Gasteiger partial charge is 0.282 e. The van der Waals surface area contributed by atoms with Gasteiger partial charge in [0.1, 0.15) is 5.82 Å². The molecule has 0 amide bonds. The number of methoxy groups -OCH3 is 2. The quantitative estimate of drug-likeness (QED) is 0.631. The average molecular weight is 482 g/mol. The van der Waals surface area contributed by atoms with Crippen molar-refractivity contribution in [3.63, 3.8) is 0 Å². The van der Waals surface area contributed by atoms with E-state index in [-0.39, 0.29) is 17.8 Å². The molecule has 1 aromatic heterocycles. The summed E-state index contributed by atoms with van der Waals surface area (Å²) in [4.78, 5) is 22.1. The van der Waals surface area contributed by atoms with Crippen molar-refractivity contribution < 1.29 is 22.6 Å². The van der Waals surface area contributed by atoms with Crippen molar-refractivity contribution in [2.24, 2.45) is 0 Å². The molecule has 0 aliphatic carbocycles. The predicted octanol–water partition coefficient (Wildman–Crippen LogP) is 0.412. The molecule has 1 N–H and O–H groups in total. The number of fused-ring (bicyclic) bond motifs is 1. The van der Waals surface area contributed by atoms with Crippen LogP contribution in [0.1, 0.15) is 19.7 Å². The van der Waals surface area contributed by atoms with Crippen LogP contribution in [0.4, 0.5) is 0 Å². The Morgan fingerprint density at radius 3 is 2.24 bits per heavy atom. The van der Waals surface area contributed by atoms with Crippen LogP contribution in [0, 0.1) is 0 Å². The van der Waals surface area contributed by atoms with E-state index in [9.17, 15) is 13.2 Å². The molecule has 33 heavy (non-hydrogen) atoms. The second-order valence-corrected chi connectivity index (χ2v) is 10.4. The molecule has 182 valence electrons. The Kier molecular flexibility index (Phi) is 6.91. The Hall–Kier alpha value is -2.25. The monoisotopic (exact) mass is 481 g/mol. The third-order valence-electron chi connectivity index (χ3n) is 6.00. The zero-order chi connectivity index (χ0) is 23.8. The molecule has 12 heteroatoms. The second-order valence-electron chi connectivity index (χ2n) is 8.49. The first-order valence-corrected chi connectivity index (χ1v) is 12.4. The highest BCUT2D eigenvalue weighted by Crippen LogP contribution is 2.30. The van der Waals surface area contributed by atoms with Crippen molar-refractivity contribution in [3.05, 3.63) is 28.3 Å². The molecule has 2 aromatic rings. The highest BCUT2D eigenvalue weighted by Gasteiger charge is 2.36. The van der Waals surface area contributed by atoms with E-state index in [1.54, 1.807) is 12.1 Å². The Bertz CT molecular complexity index is 1150. The lowest BCUT2D eigenvalue weighted by Crippen LogP contribution is -2.57. The van der Waals surface area contributed by atoms with E-state index >= 15 is 0 Å². The number of ether oxygens (including phenoxy) is 3. The van der Waals surface area contributed by atoms with Crippen LogP contribution in [0.3, 0.4) is 0 Å². The van der Waals surface area contributed by atoms with Crippen molar-refractivity contribution in [2.45, 2.75) is 32.6 Å². The average Bonchev–Trinajstić information content (AvgIpc) is 2.78. The van der Waals surface area contributed by atoms with E-state index in [0.29, 0.717) is 74.0 Å². The summed E-state index contributed by atoms with van der Waals surface area (Å²) in [6.07, 6.45) is -0.251. The summed E-state index contributed by atoms with van der Waals surface area (Å²) in [7, 11) is -0.491. The molecule has 2 aliphatic heterocycles. The molecule has 0 bridgehead atoms. The summed E-state index contributed by atoms with van der Waals surface area (Å²) in [5.74, 6) is 1.48. The Labute approximate surface area is 193 Å². The molecule has 0 saturated carbocycles. The Morgan fingerprint density at radius 2 is 1.64 bits per heavy atom. The topological polar surface area (TPSA) is 117 Å². The van der Waals surface area contributed by atoms with Gasteiger partial charge < -0.3 is 19.2 Å². The fourth-order valence-electron chi connectivity index (χ4n) is 4.40. The molecule has 1 aromatic carbocycles. The summed E-state index contributed by atoms with van der Waals surface area (Å²) in [5, 5.41) is 0.418. The predicted molar refractivity (Wildman–Crippen MR) is 123 cm³/mol. The minimum absolute atomic E-state index is 0.126. The normalized spacial score (nSPS) is 23.6. The van der Waals surface area contributed by atoms with Crippen LogP contribution in [-0.4, -0.2) is 97.6 Å². The molecule has 2 aliphatic rings. The van der Waals surface area contributed by atoms with Gasteiger partial charge in [0.15, 0.2) is 11.5 Å². The van der Waals surface area contributed by atoms with E-state index in [4.69, 9.17) is 14.2 Å². The number of hydrogen-bond acceptors (Lipinski definition) is 8. The van der Waals surface area contributed by atoms with Gasteiger partial charge in [-0.1, -0.05) is 0 Å². The Morgan fingerprint density at radius 1 is 1.03 bits per heavy atom. The second kappa shape index (κ2) is 9.55. The zero-order valence-electron chi connectivity index (χ0n) is 19.4. The SMILES string of the molecule is COc1cc2nc(CN3CCN(S(=O)(=O)N4CC(C)OC(C)C4)CC3)[nH]c(=O)c2cc1OC. The van der Waals surface area contributed by atoms with Gasteiger partial charge in [0, 0.05) is 45.3 Å². The maximum absolute atomic E-state index is 13.1. The van der Waals surface area contributed by atoms with Gasteiger partial charge in [-0.3, -0.25) is 9.69 Å². The molecule has 3 heterocycles. The van der Waals surface area contributed by atoms with Crippen LogP contribution >= 0.6 is 0 Å². The molecule has 4 rings (SSSR count). The first-order valence-electron chi connectivity index (χ1n) is 11.0. The van der Waals surface area contributed by atoms with Crippen molar-refractivity contribution in [2.75, 3.05) is 53.5 Å². The number of aromatic nitrogens is 2. The molecule has 0 radical (unpaired) electrons. The molecule has 2 saturated heterocycles. The van der Waals surface area contributed by atoms with E-state index in [0.717, 1.165) is 0 Å². The standard InChI is InChI=1S/C21H31N5O6S/c1-14-11-26(12-15(2)32-14)33(28,29)25-7-5-24(6-8-25)13-20-22-17-10-19(31-4)18(30-3)9-16(17)21(27)23-20/h9-10,14-15H,5-8,11-13H2,1-4H3,(H,22,23,27). The lowest BCUT2D eigenvalue weighted by molar-refractivity contribution is -0.0457. The summed E-state index contributed by atoms with van der Waals surface area (Å²) < 4.78 is 45.5. The van der Waals surface area contributed by atoms with Crippen LogP contribution in [0.25, 0.3) is 10.9 Å². The van der Waals surface area contributed by atoms with Gasteiger partial charge in [-0.25, -0.2) is 4.98 Å². The summed E-state index contributed by atoms with van der Waals surface area (Å²) >= 11 is 0.